The molecule has 182 valence electrons. The molecule has 9 nitrogen and oxygen atoms in total. The quantitative estimate of drug-likeness (QED) is 0.528. The van der Waals surface area contributed by atoms with Crippen molar-refractivity contribution < 1.29 is 27.1 Å². The van der Waals surface area contributed by atoms with Crippen molar-refractivity contribution in [2.75, 3.05) is 33.4 Å². The molecular weight excluding hydrogens is 451 g/mol. The summed E-state index contributed by atoms with van der Waals surface area (Å²) in [5.74, 6) is -1.09. The van der Waals surface area contributed by atoms with Crippen molar-refractivity contribution in [3.8, 4) is 0 Å². The van der Waals surface area contributed by atoms with Crippen molar-refractivity contribution in [2.24, 2.45) is 0 Å². The number of hydrogen-bond donors (Lipinski definition) is 1. The van der Waals surface area contributed by atoms with Gasteiger partial charge in [0.05, 0.1) is 43.4 Å². The van der Waals surface area contributed by atoms with Gasteiger partial charge in [0.15, 0.2) is 0 Å². The first kappa shape index (κ1) is 25.1. The van der Waals surface area contributed by atoms with Crippen LogP contribution in [0.2, 0.25) is 0 Å². The van der Waals surface area contributed by atoms with E-state index in [2.05, 4.69) is 10.3 Å². The molecule has 0 spiro atoms. The van der Waals surface area contributed by atoms with Gasteiger partial charge in [0.1, 0.15) is 5.82 Å². The average molecular weight is 483 g/mol. The van der Waals surface area contributed by atoms with E-state index in [-0.39, 0.29) is 35.9 Å². The van der Waals surface area contributed by atoms with Crippen molar-refractivity contribution in [2.45, 2.75) is 49.9 Å². The van der Waals surface area contributed by atoms with Crippen molar-refractivity contribution >= 4 is 15.9 Å². The van der Waals surface area contributed by atoms with Crippen LogP contribution in [0, 0.1) is 5.82 Å². The number of carbonyl (C=O) groups excluding carboxylic acids is 1. The summed E-state index contributed by atoms with van der Waals surface area (Å²) in [6.07, 6.45) is 3.00. The second-order valence-corrected chi connectivity index (χ2v) is 9.76. The maximum atomic E-state index is 14.1. The lowest BCUT2D eigenvalue weighted by atomic mass is 10.2. The van der Waals surface area contributed by atoms with Crippen LogP contribution in [0.3, 0.4) is 0 Å². The summed E-state index contributed by atoms with van der Waals surface area (Å²) in [6, 6.07) is 5.50. The number of carbonyl (C=O) groups is 1. The van der Waals surface area contributed by atoms with Crippen LogP contribution in [-0.4, -0.2) is 68.4 Å². The molecule has 1 fully saturated rings. The number of nitrogens with one attached hydrogen (secondary N) is 1. The highest BCUT2D eigenvalue weighted by Gasteiger charge is 2.29. The van der Waals surface area contributed by atoms with E-state index in [9.17, 15) is 17.6 Å². The van der Waals surface area contributed by atoms with E-state index in [1.165, 1.54) is 24.4 Å². The topological polar surface area (TPSA) is 103 Å². The van der Waals surface area contributed by atoms with Gasteiger partial charge >= 0.3 is 6.03 Å². The van der Waals surface area contributed by atoms with Crippen molar-refractivity contribution in [3.05, 3.63) is 47.5 Å². The lowest BCUT2D eigenvalue weighted by Crippen LogP contribution is -2.41. The van der Waals surface area contributed by atoms with Gasteiger partial charge in [-0.2, -0.15) is 0 Å². The van der Waals surface area contributed by atoms with Gasteiger partial charge in [-0.1, -0.05) is 18.2 Å². The summed E-state index contributed by atoms with van der Waals surface area (Å²) in [7, 11) is -2.41. The first-order chi connectivity index (χ1) is 15.9. The van der Waals surface area contributed by atoms with Gasteiger partial charge in [-0.25, -0.2) is 22.6 Å². The minimum atomic E-state index is -3.96. The van der Waals surface area contributed by atoms with E-state index >= 15 is 0 Å². The van der Waals surface area contributed by atoms with Crippen LogP contribution in [0.5, 0.6) is 0 Å². The van der Waals surface area contributed by atoms with Crippen molar-refractivity contribution in [3.63, 3.8) is 0 Å². The first-order valence-electron chi connectivity index (χ1n) is 11.0. The largest absolute Gasteiger partial charge is 0.383 e. The SMILES string of the molecule is CCNC(=O)N(CCOC)Cc1cnc(S(=O)(=O)Cc2ccccc2F)n1C[C@H]1CCCO1. The fourth-order valence-electron chi connectivity index (χ4n) is 3.75. The standard InChI is InChI=1S/C22H31FN4O5S/c1-3-24-21(28)26(10-12-31-2)14-18-13-25-22(27(18)15-19-8-6-11-32-19)33(29,30)16-17-7-4-5-9-20(17)23/h4-5,7,9,13,19H,3,6,8,10-12,14-16H2,1-2H3,(H,24,28)/t19-/m1/s1. The van der Waals surface area contributed by atoms with E-state index < -0.39 is 21.4 Å². The molecule has 2 aromatic rings. The Bertz CT molecular complexity index is 1040. The van der Waals surface area contributed by atoms with Crippen LogP contribution < -0.4 is 5.32 Å². The van der Waals surface area contributed by atoms with Gasteiger partial charge in [0, 0.05) is 32.4 Å². The Morgan fingerprint density at radius 1 is 1.39 bits per heavy atom. The number of imidazole rings is 1. The first-order valence-corrected chi connectivity index (χ1v) is 12.6. The second kappa shape index (κ2) is 11.6. The van der Waals surface area contributed by atoms with Gasteiger partial charge in [-0.05, 0) is 25.8 Å². The number of amides is 2. The predicted molar refractivity (Wildman–Crippen MR) is 120 cm³/mol. The number of hydrogen-bond acceptors (Lipinski definition) is 6. The van der Waals surface area contributed by atoms with Gasteiger partial charge < -0.3 is 24.3 Å². The highest BCUT2D eigenvalue weighted by atomic mass is 32.2. The Balaban J connectivity index is 1.93. The fraction of sp³-hybridized carbons (Fsp3) is 0.545. The average Bonchev–Trinajstić information content (AvgIpc) is 3.43. The highest BCUT2D eigenvalue weighted by molar-refractivity contribution is 7.90. The number of ether oxygens (including phenoxy) is 2. The van der Waals surface area contributed by atoms with Crippen LogP contribution in [0.4, 0.5) is 9.18 Å². The summed E-state index contributed by atoms with van der Waals surface area (Å²) < 4.78 is 53.1. The minimum absolute atomic E-state index is 0.0785. The molecule has 33 heavy (non-hydrogen) atoms. The molecule has 0 radical (unpaired) electrons. The van der Waals surface area contributed by atoms with Gasteiger partial charge in [-0.15, -0.1) is 0 Å². The summed E-state index contributed by atoms with van der Waals surface area (Å²) in [5, 5.41) is 2.61. The third-order valence-corrected chi connectivity index (χ3v) is 7.00. The van der Waals surface area contributed by atoms with Crippen LogP contribution >= 0.6 is 0 Å². The van der Waals surface area contributed by atoms with Crippen LogP contribution in [0.25, 0.3) is 0 Å². The smallest absolute Gasteiger partial charge is 0.317 e. The Morgan fingerprint density at radius 2 is 2.18 bits per heavy atom. The lowest BCUT2D eigenvalue weighted by Gasteiger charge is -2.24. The molecule has 11 heteroatoms. The van der Waals surface area contributed by atoms with Crippen LogP contribution in [0.15, 0.2) is 35.6 Å². The molecule has 1 saturated heterocycles. The zero-order valence-electron chi connectivity index (χ0n) is 19.0. The Hall–Kier alpha value is -2.50. The van der Waals surface area contributed by atoms with Gasteiger partial charge in [0.2, 0.25) is 15.0 Å². The second-order valence-electron chi connectivity index (χ2n) is 7.88. The molecule has 1 aliphatic heterocycles. The van der Waals surface area contributed by atoms with E-state index in [0.29, 0.717) is 32.0 Å². The molecule has 2 amide bonds. The Labute approximate surface area is 193 Å². The molecular formula is C22H31FN4O5S. The van der Waals surface area contributed by atoms with Crippen molar-refractivity contribution in [1.29, 1.82) is 0 Å². The number of rotatable bonds is 11. The lowest BCUT2D eigenvalue weighted by molar-refractivity contribution is 0.0931. The summed E-state index contributed by atoms with van der Waals surface area (Å²) in [6.45, 7) is 3.98. The third-order valence-electron chi connectivity index (χ3n) is 5.43. The molecule has 1 N–H and O–H groups in total. The highest BCUT2D eigenvalue weighted by Crippen LogP contribution is 2.23. The monoisotopic (exact) mass is 482 g/mol. The van der Waals surface area contributed by atoms with Gasteiger partial charge in [-0.3, -0.25) is 0 Å². The maximum Gasteiger partial charge on any atom is 0.317 e. The molecule has 2 heterocycles. The number of sulfone groups is 1. The van der Waals surface area contributed by atoms with E-state index in [1.807, 2.05) is 6.92 Å². The Kier molecular flexibility index (Phi) is 8.81. The molecule has 0 unspecified atom stereocenters. The molecule has 0 bridgehead atoms. The van der Waals surface area contributed by atoms with Crippen LogP contribution in [-0.2, 0) is 38.2 Å². The molecule has 0 saturated carbocycles. The number of halogens is 1. The molecule has 3 rings (SSSR count). The summed E-state index contributed by atoms with van der Waals surface area (Å²) in [5.41, 5.74) is 0.634. The molecule has 1 aromatic heterocycles. The number of nitrogens with zero attached hydrogens (tertiary/aromatic N) is 3. The number of benzene rings is 1. The Morgan fingerprint density at radius 3 is 2.85 bits per heavy atom. The number of urea groups is 1. The number of aromatic nitrogens is 2. The minimum Gasteiger partial charge on any atom is -0.383 e. The molecule has 0 aliphatic carbocycles. The zero-order valence-corrected chi connectivity index (χ0v) is 19.8. The predicted octanol–water partition coefficient (Wildman–Crippen LogP) is 2.35. The zero-order chi connectivity index (χ0) is 23.8. The van der Waals surface area contributed by atoms with E-state index in [1.54, 1.807) is 22.6 Å². The van der Waals surface area contributed by atoms with Crippen LogP contribution in [0.1, 0.15) is 31.0 Å². The van der Waals surface area contributed by atoms with Crippen molar-refractivity contribution in [1.82, 2.24) is 19.8 Å². The van der Waals surface area contributed by atoms with E-state index in [0.717, 1.165) is 12.8 Å². The molecule has 1 aromatic carbocycles. The normalized spacial score (nSPS) is 16.2. The summed E-state index contributed by atoms with van der Waals surface area (Å²) in [4.78, 5) is 18.3. The maximum absolute atomic E-state index is 14.1. The number of methoxy groups -OCH3 is 1. The van der Waals surface area contributed by atoms with Gasteiger partial charge in [0.25, 0.3) is 0 Å². The summed E-state index contributed by atoms with van der Waals surface area (Å²) >= 11 is 0. The van der Waals surface area contributed by atoms with E-state index in [4.69, 9.17) is 9.47 Å². The molecule has 1 aliphatic rings. The fourth-order valence-corrected chi connectivity index (χ4v) is 5.26. The third kappa shape index (κ3) is 6.52. The molecule has 1 atom stereocenters.